The fourth-order valence-corrected chi connectivity index (χ4v) is 2.32. The van der Waals surface area contributed by atoms with Gasteiger partial charge >= 0.3 is 0 Å². The number of pyridine rings is 1. The molecule has 0 spiro atoms. The van der Waals surface area contributed by atoms with Crippen molar-refractivity contribution in [2.75, 3.05) is 0 Å². The molecule has 0 fully saturated rings. The summed E-state index contributed by atoms with van der Waals surface area (Å²) in [5, 5.41) is 1.06. The standard InChI is InChI=1S/C15H11Cl2N3/c1-9-14(10-4-5-12(16)13(17)7-10)20-15(19-9)11-3-2-6-18-8-11/h2-8H,1H3,(H,19,20). The molecule has 3 aromatic rings. The van der Waals surface area contributed by atoms with Gasteiger partial charge in [0.05, 0.1) is 15.7 Å². The number of imidazole rings is 1. The van der Waals surface area contributed by atoms with Crippen LogP contribution in [-0.2, 0) is 0 Å². The highest BCUT2D eigenvalue weighted by Crippen LogP contribution is 2.30. The molecule has 0 aliphatic heterocycles. The number of halogens is 2. The van der Waals surface area contributed by atoms with Crippen LogP contribution in [0.1, 0.15) is 5.69 Å². The Balaban J connectivity index is 2.07. The minimum Gasteiger partial charge on any atom is -0.341 e. The van der Waals surface area contributed by atoms with Gasteiger partial charge in [-0.1, -0.05) is 29.3 Å². The number of rotatable bonds is 2. The SMILES string of the molecule is Cc1[nH]c(-c2cccnc2)nc1-c1ccc(Cl)c(Cl)c1. The first-order chi connectivity index (χ1) is 9.65. The van der Waals surface area contributed by atoms with Crippen molar-refractivity contribution in [2.24, 2.45) is 0 Å². The van der Waals surface area contributed by atoms with E-state index in [-0.39, 0.29) is 0 Å². The van der Waals surface area contributed by atoms with Crippen LogP contribution < -0.4 is 0 Å². The average Bonchev–Trinajstić information content (AvgIpc) is 2.85. The first kappa shape index (κ1) is 13.2. The zero-order valence-electron chi connectivity index (χ0n) is 10.7. The number of benzene rings is 1. The summed E-state index contributed by atoms with van der Waals surface area (Å²) in [6, 6.07) is 9.34. The summed E-state index contributed by atoms with van der Waals surface area (Å²) in [6.45, 7) is 1.98. The Morgan fingerprint density at radius 1 is 1.05 bits per heavy atom. The van der Waals surface area contributed by atoms with Crippen molar-refractivity contribution in [1.82, 2.24) is 15.0 Å². The van der Waals surface area contributed by atoms with E-state index in [2.05, 4.69) is 15.0 Å². The normalized spacial score (nSPS) is 10.8. The van der Waals surface area contributed by atoms with Gasteiger partial charge < -0.3 is 4.98 Å². The highest BCUT2D eigenvalue weighted by Gasteiger charge is 2.11. The van der Waals surface area contributed by atoms with Crippen LogP contribution in [0.2, 0.25) is 10.0 Å². The number of nitrogens with one attached hydrogen (secondary N) is 1. The number of aryl methyl sites for hydroxylation is 1. The molecule has 5 heteroatoms. The third kappa shape index (κ3) is 2.42. The van der Waals surface area contributed by atoms with Gasteiger partial charge in [0.15, 0.2) is 0 Å². The first-order valence-corrected chi connectivity index (χ1v) is 6.83. The summed E-state index contributed by atoms with van der Waals surface area (Å²) in [5.41, 5.74) is 3.72. The maximum Gasteiger partial charge on any atom is 0.139 e. The predicted molar refractivity (Wildman–Crippen MR) is 82.0 cm³/mol. The second-order valence-electron chi connectivity index (χ2n) is 4.43. The zero-order valence-corrected chi connectivity index (χ0v) is 12.2. The summed E-state index contributed by atoms with van der Waals surface area (Å²) in [4.78, 5) is 12.0. The fourth-order valence-electron chi connectivity index (χ4n) is 2.02. The molecule has 20 heavy (non-hydrogen) atoms. The van der Waals surface area contributed by atoms with Gasteiger partial charge in [-0.25, -0.2) is 4.98 Å². The fraction of sp³-hybridized carbons (Fsp3) is 0.0667. The number of aromatic amines is 1. The molecule has 1 aromatic carbocycles. The maximum absolute atomic E-state index is 6.06. The van der Waals surface area contributed by atoms with Crippen molar-refractivity contribution in [3.63, 3.8) is 0 Å². The molecule has 0 radical (unpaired) electrons. The summed E-state index contributed by atoms with van der Waals surface area (Å²) in [6.07, 6.45) is 3.51. The van der Waals surface area contributed by atoms with Crippen LogP contribution in [0.3, 0.4) is 0 Å². The summed E-state index contributed by atoms with van der Waals surface area (Å²) >= 11 is 12.0. The van der Waals surface area contributed by atoms with E-state index in [9.17, 15) is 0 Å². The van der Waals surface area contributed by atoms with Gasteiger partial charge in [-0.05, 0) is 31.2 Å². The van der Waals surface area contributed by atoms with E-state index in [1.807, 2.05) is 31.2 Å². The molecular formula is C15H11Cl2N3. The molecule has 3 nitrogen and oxygen atoms in total. The molecular weight excluding hydrogens is 293 g/mol. The molecule has 2 aromatic heterocycles. The quantitative estimate of drug-likeness (QED) is 0.742. The Kier molecular flexibility index (Phi) is 3.47. The van der Waals surface area contributed by atoms with Crippen LogP contribution in [0.15, 0.2) is 42.7 Å². The number of hydrogen-bond donors (Lipinski definition) is 1. The van der Waals surface area contributed by atoms with Gasteiger partial charge in [0.1, 0.15) is 5.82 Å². The molecule has 0 unspecified atom stereocenters. The Bertz CT molecular complexity index is 751. The highest BCUT2D eigenvalue weighted by molar-refractivity contribution is 6.42. The molecule has 1 N–H and O–H groups in total. The maximum atomic E-state index is 6.06. The molecule has 3 rings (SSSR count). The predicted octanol–water partition coefficient (Wildman–Crippen LogP) is 4.75. The summed E-state index contributed by atoms with van der Waals surface area (Å²) in [7, 11) is 0. The van der Waals surface area contributed by atoms with Crippen molar-refractivity contribution < 1.29 is 0 Å². The second kappa shape index (κ2) is 5.27. The summed E-state index contributed by atoms with van der Waals surface area (Å²) in [5.74, 6) is 0.789. The van der Waals surface area contributed by atoms with Crippen LogP contribution >= 0.6 is 23.2 Å². The highest BCUT2D eigenvalue weighted by atomic mass is 35.5. The van der Waals surface area contributed by atoms with Gasteiger partial charge in [0.2, 0.25) is 0 Å². The number of hydrogen-bond acceptors (Lipinski definition) is 2. The van der Waals surface area contributed by atoms with E-state index in [1.54, 1.807) is 18.5 Å². The van der Waals surface area contributed by atoms with Gasteiger partial charge in [-0.15, -0.1) is 0 Å². The van der Waals surface area contributed by atoms with Crippen molar-refractivity contribution in [2.45, 2.75) is 6.92 Å². The van der Waals surface area contributed by atoms with Crippen LogP contribution in [0, 0.1) is 6.92 Å². The first-order valence-electron chi connectivity index (χ1n) is 6.07. The van der Waals surface area contributed by atoms with Crippen molar-refractivity contribution in [3.8, 4) is 22.6 Å². The number of nitrogens with zero attached hydrogens (tertiary/aromatic N) is 2. The largest absolute Gasteiger partial charge is 0.341 e. The lowest BCUT2D eigenvalue weighted by molar-refractivity contribution is 1.23. The minimum absolute atomic E-state index is 0.523. The Morgan fingerprint density at radius 2 is 1.90 bits per heavy atom. The average molecular weight is 304 g/mol. The lowest BCUT2D eigenvalue weighted by atomic mass is 10.1. The molecule has 0 saturated carbocycles. The van der Waals surface area contributed by atoms with E-state index in [0.29, 0.717) is 10.0 Å². The van der Waals surface area contributed by atoms with Crippen molar-refractivity contribution in [1.29, 1.82) is 0 Å². The number of H-pyrrole nitrogens is 1. The van der Waals surface area contributed by atoms with Gasteiger partial charge in [-0.3, -0.25) is 4.98 Å². The van der Waals surface area contributed by atoms with Crippen LogP contribution in [-0.4, -0.2) is 15.0 Å². The molecule has 0 bridgehead atoms. The second-order valence-corrected chi connectivity index (χ2v) is 5.24. The van der Waals surface area contributed by atoms with E-state index < -0.39 is 0 Å². The summed E-state index contributed by atoms with van der Waals surface area (Å²) < 4.78 is 0. The van der Waals surface area contributed by atoms with E-state index in [4.69, 9.17) is 23.2 Å². The molecule has 100 valence electrons. The lowest BCUT2D eigenvalue weighted by Crippen LogP contribution is -1.82. The third-order valence-electron chi connectivity index (χ3n) is 3.01. The van der Waals surface area contributed by atoms with Crippen LogP contribution in [0.5, 0.6) is 0 Å². The molecule has 0 saturated heterocycles. The Labute approximate surface area is 126 Å². The monoisotopic (exact) mass is 303 g/mol. The molecule has 0 atom stereocenters. The molecule has 2 heterocycles. The van der Waals surface area contributed by atoms with Crippen molar-refractivity contribution in [3.05, 3.63) is 58.5 Å². The van der Waals surface area contributed by atoms with E-state index in [1.165, 1.54) is 0 Å². The van der Waals surface area contributed by atoms with Gasteiger partial charge in [0.25, 0.3) is 0 Å². The van der Waals surface area contributed by atoms with Crippen LogP contribution in [0.25, 0.3) is 22.6 Å². The van der Waals surface area contributed by atoms with E-state index in [0.717, 1.165) is 28.3 Å². The third-order valence-corrected chi connectivity index (χ3v) is 3.75. The van der Waals surface area contributed by atoms with Gasteiger partial charge in [0, 0.05) is 29.2 Å². The zero-order chi connectivity index (χ0) is 14.1. The molecule has 0 aliphatic rings. The smallest absolute Gasteiger partial charge is 0.139 e. The Hall–Kier alpha value is -1.84. The Morgan fingerprint density at radius 3 is 2.60 bits per heavy atom. The number of aromatic nitrogens is 3. The molecule has 0 amide bonds. The van der Waals surface area contributed by atoms with Crippen molar-refractivity contribution >= 4 is 23.2 Å². The molecule has 0 aliphatic carbocycles. The minimum atomic E-state index is 0.523. The van der Waals surface area contributed by atoms with Crippen LogP contribution in [0.4, 0.5) is 0 Å². The van der Waals surface area contributed by atoms with E-state index >= 15 is 0 Å². The lowest BCUT2D eigenvalue weighted by Gasteiger charge is -2.01. The van der Waals surface area contributed by atoms with Gasteiger partial charge in [-0.2, -0.15) is 0 Å². The topological polar surface area (TPSA) is 41.6 Å².